The quantitative estimate of drug-likeness (QED) is 0.382. The largest absolute Gasteiger partial charge is 0.381 e. The summed E-state index contributed by atoms with van der Waals surface area (Å²) in [7, 11) is -3.63. The molecule has 4 aromatic heterocycles. The Morgan fingerprint density at radius 3 is 2.88 bits per heavy atom. The van der Waals surface area contributed by atoms with Gasteiger partial charge in [-0.2, -0.15) is 10.1 Å². The van der Waals surface area contributed by atoms with Crippen LogP contribution in [0.3, 0.4) is 0 Å². The number of ether oxygens (including phenoxy) is 1. The Labute approximate surface area is 194 Å². The fourth-order valence-electron chi connectivity index (χ4n) is 3.70. The maximum Gasteiger partial charge on any atom is 0.261 e. The third-order valence-electron chi connectivity index (χ3n) is 5.41. The van der Waals surface area contributed by atoms with Crippen LogP contribution in [0.1, 0.15) is 25.6 Å². The molecule has 1 aliphatic heterocycles. The number of anilines is 1. The van der Waals surface area contributed by atoms with Crippen LogP contribution >= 0.6 is 11.3 Å². The first-order valence-corrected chi connectivity index (χ1v) is 13.0. The van der Waals surface area contributed by atoms with E-state index in [1.54, 1.807) is 29.9 Å². The third-order valence-corrected chi connectivity index (χ3v) is 8.21. The van der Waals surface area contributed by atoms with Crippen LogP contribution in [0.25, 0.3) is 22.5 Å². The van der Waals surface area contributed by atoms with E-state index >= 15 is 0 Å². The molecule has 33 heavy (non-hydrogen) atoms. The summed E-state index contributed by atoms with van der Waals surface area (Å²) in [6.45, 7) is 4.02. The number of sulfonamides is 1. The second-order valence-electron chi connectivity index (χ2n) is 7.55. The number of hydrogen-bond donors (Lipinski definition) is 2. The van der Waals surface area contributed by atoms with Crippen LogP contribution in [0, 0.1) is 0 Å². The lowest BCUT2D eigenvalue weighted by atomic mass is 10.1. The fraction of sp³-hybridized carbons (Fsp3) is 0.400. The monoisotopic (exact) mass is 489 g/mol. The minimum Gasteiger partial charge on any atom is -0.381 e. The zero-order chi connectivity index (χ0) is 22.8. The van der Waals surface area contributed by atoms with Gasteiger partial charge in [-0.15, -0.1) is 11.3 Å². The maximum atomic E-state index is 12.4. The topological polar surface area (TPSA) is 137 Å². The summed E-state index contributed by atoms with van der Waals surface area (Å²) in [6.07, 6.45) is 5.23. The molecule has 1 saturated heterocycles. The van der Waals surface area contributed by atoms with Gasteiger partial charge in [-0.3, -0.25) is 0 Å². The van der Waals surface area contributed by atoms with E-state index in [1.165, 1.54) is 0 Å². The molecule has 0 aromatic carbocycles. The molecule has 0 atom stereocenters. The Kier molecular flexibility index (Phi) is 6.10. The predicted molar refractivity (Wildman–Crippen MR) is 122 cm³/mol. The molecular weight excluding hydrogens is 466 g/mol. The van der Waals surface area contributed by atoms with Gasteiger partial charge in [0.15, 0.2) is 11.5 Å². The molecule has 0 radical (unpaired) electrons. The lowest BCUT2D eigenvalue weighted by molar-refractivity contribution is 0.0905. The zero-order valence-corrected chi connectivity index (χ0v) is 19.5. The van der Waals surface area contributed by atoms with Gasteiger partial charge < -0.3 is 14.6 Å². The van der Waals surface area contributed by atoms with E-state index in [0.717, 1.165) is 40.9 Å². The smallest absolute Gasteiger partial charge is 0.261 e. The average molecular weight is 490 g/mol. The van der Waals surface area contributed by atoms with Crippen LogP contribution < -0.4 is 10.0 Å². The summed E-state index contributed by atoms with van der Waals surface area (Å²) >= 11 is 1.14. The number of nitrogens with zero attached hydrogens (tertiary/aromatic N) is 5. The average Bonchev–Trinajstić information content (AvgIpc) is 3.59. The molecule has 0 aliphatic carbocycles. The molecule has 5 rings (SSSR count). The van der Waals surface area contributed by atoms with Gasteiger partial charge in [-0.05, 0) is 31.2 Å². The van der Waals surface area contributed by atoms with Crippen molar-refractivity contribution in [2.75, 3.05) is 18.5 Å². The van der Waals surface area contributed by atoms with Crippen molar-refractivity contribution in [2.24, 2.45) is 0 Å². The third kappa shape index (κ3) is 4.49. The molecule has 174 valence electrons. The first-order chi connectivity index (χ1) is 16.0. The van der Waals surface area contributed by atoms with Crippen molar-refractivity contribution >= 4 is 38.1 Å². The van der Waals surface area contributed by atoms with Gasteiger partial charge in [0.25, 0.3) is 5.89 Å². The summed E-state index contributed by atoms with van der Waals surface area (Å²) in [4.78, 5) is 8.99. The van der Waals surface area contributed by atoms with Gasteiger partial charge in [0, 0.05) is 32.0 Å². The number of aromatic nitrogens is 5. The first-order valence-electron chi connectivity index (χ1n) is 10.6. The van der Waals surface area contributed by atoms with Crippen LogP contribution in [-0.4, -0.2) is 52.6 Å². The second kappa shape index (κ2) is 9.17. The normalized spacial score (nSPS) is 15.3. The Hall–Kier alpha value is -2.87. The van der Waals surface area contributed by atoms with Crippen LogP contribution in [0.15, 0.2) is 38.6 Å². The molecule has 2 N–H and O–H groups in total. The molecule has 1 aliphatic rings. The van der Waals surface area contributed by atoms with Gasteiger partial charge >= 0.3 is 0 Å². The summed E-state index contributed by atoms with van der Waals surface area (Å²) in [5.41, 5.74) is 2.23. The summed E-state index contributed by atoms with van der Waals surface area (Å²) in [5.74, 6) is 0.486. The van der Waals surface area contributed by atoms with Crippen LogP contribution in [-0.2, 0) is 27.8 Å². The summed E-state index contributed by atoms with van der Waals surface area (Å²) in [6, 6.07) is 3.45. The van der Waals surface area contributed by atoms with Crippen molar-refractivity contribution in [3.05, 3.63) is 35.7 Å². The first kappa shape index (κ1) is 21.9. The fourth-order valence-corrected chi connectivity index (χ4v) is 5.72. The van der Waals surface area contributed by atoms with Gasteiger partial charge in [-0.25, -0.2) is 22.8 Å². The molecular formula is C20H23N7O4S2. The zero-order valence-electron chi connectivity index (χ0n) is 17.9. The van der Waals surface area contributed by atoms with E-state index in [4.69, 9.17) is 9.26 Å². The van der Waals surface area contributed by atoms with Crippen LogP contribution in [0.2, 0.25) is 0 Å². The second-order valence-corrected chi connectivity index (χ2v) is 10.5. The Bertz CT molecular complexity index is 1340. The Morgan fingerprint density at radius 1 is 1.27 bits per heavy atom. The van der Waals surface area contributed by atoms with Crippen molar-refractivity contribution in [3.63, 3.8) is 0 Å². The van der Waals surface area contributed by atoms with Crippen molar-refractivity contribution in [2.45, 2.75) is 43.1 Å². The molecule has 0 bridgehead atoms. The summed E-state index contributed by atoms with van der Waals surface area (Å²) < 4.78 is 40.3. The van der Waals surface area contributed by atoms with Gasteiger partial charge in [0.05, 0.1) is 29.4 Å². The van der Waals surface area contributed by atoms with Gasteiger partial charge in [0.2, 0.25) is 10.0 Å². The lowest BCUT2D eigenvalue weighted by Crippen LogP contribution is -2.28. The minimum absolute atomic E-state index is 0.0874. The van der Waals surface area contributed by atoms with Crippen molar-refractivity contribution < 1.29 is 17.7 Å². The van der Waals surface area contributed by atoms with E-state index in [9.17, 15) is 8.42 Å². The number of pyridine rings is 1. The standard InChI is InChI=1S/C20H23N7O4S2/c1-2-27-19-14(11-22-27)18(24-13-5-7-30-8-6-13)15(10-21-19)20-25-16(26-31-20)12-23-33(28,29)17-4-3-9-32-17/h3-4,9-11,13,23H,2,5-8,12H2,1H3,(H,21,24). The Balaban J connectivity index is 1.44. The number of nitrogens with one attached hydrogen (secondary N) is 2. The highest BCUT2D eigenvalue weighted by molar-refractivity contribution is 7.91. The van der Waals surface area contributed by atoms with Gasteiger partial charge in [0.1, 0.15) is 4.21 Å². The number of hydrogen-bond acceptors (Lipinski definition) is 10. The molecule has 0 saturated carbocycles. The summed E-state index contributed by atoms with van der Waals surface area (Å²) in [5, 5.41) is 14.6. The molecule has 0 unspecified atom stereocenters. The molecule has 11 nitrogen and oxygen atoms in total. The maximum absolute atomic E-state index is 12.4. The molecule has 0 spiro atoms. The molecule has 1 fully saturated rings. The van der Waals surface area contributed by atoms with Gasteiger partial charge in [-0.1, -0.05) is 11.2 Å². The van der Waals surface area contributed by atoms with E-state index in [2.05, 4.69) is 30.3 Å². The van der Waals surface area contributed by atoms with Crippen molar-refractivity contribution in [1.29, 1.82) is 0 Å². The highest BCUT2D eigenvalue weighted by atomic mass is 32.2. The van der Waals surface area contributed by atoms with Crippen molar-refractivity contribution in [1.82, 2.24) is 29.6 Å². The van der Waals surface area contributed by atoms with Crippen molar-refractivity contribution in [3.8, 4) is 11.5 Å². The van der Waals surface area contributed by atoms with Crippen LogP contribution in [0.5, 0.6) is 0 Å². The minimum atomic E-state index is -3.63. The predicted octanol–water partition coefficient (Wildman–Crippen LogP) is 2.63. The molecule has 4 aromatic rings. The Morgan fingerprint density at radius 2 is 2.12 bits per heavy atom. The highest BCUT2D eigenvalue weighted by Gasteiger charge is 2.23. The van der Waals surface area contributed by atoms with E-state index in [1.807, 2.05) is 11.6 Å². The highest BCUT2D eigenvalue weighted by Crippen LogP contribution is 2.34. The SMILES string of the molecule is CCn1ncc2c(NC3CCOCC3)c(-c3nc(CNS(=O)(=O)c4cccs4)no3)cnc21. The lowest BCUT2D eigenvalue weighted by Gasteiger charge is -2.25. The van der Waals surface area contributed by atoms with E-state index in [0.29, 0.717) is 25.3 Å². The molecule has 0 amide bonds. The molecule has 5 heterocycles. The van der Waals surface area contributed by atoms with Crippen LogP contribution in [0.4, 0.5) is 5.69 Å². The molecule has 13 heteroatoms. The number of thiophene rings is 1. The number of fused-ring (bicyclic) bond motifs is 1. The van der Waals surface area contributed by atoms with E-state index in [-0.39, 0.29) is 28.5 Å². The number of aryl methyl sites for hydroxylation is 1. The van der Waals surface area contributed by atoms with E-state index < -0.39 is 10.0 Å². The number of rotatable bonds is 8.